The van der Waals surface area contributed by atoms with E-state index in [1.165, 1.54) is 11.8 Å². The van der Waals surface area contributed by atoms with Gasteiger partial charge < -0.3 is 4.57 Å². The zero-order chi connectivity index (χ0) is 25.5. The van der Waals surface area contributed by atoms with Crippen molar-refractivity contribution in [3.05, 3.63) is 109 Å². The van der Waals surface area contributed by atoms with Gasteiger partial charge in [-0.3, -0.25) is 9.69 Å². The number of para-hydroxylation sites is 2. The predicted molar refractivity (Wildman–Crippen MR) is 143 cm³/mol. The van der Waals surface area contributed by atoms with E-state index in [9.17, 15) is 13.2 Å². The second kappa shape index (κ2) is 11.4. The highest BCUT2D eigenvalue weighted by atomic mass is 32.2. The van der Waals surface area contributed by atoms with Gasteiger partial charge in [0.15, 0.2) is 15.0 Å². The highest BCUT2D eigenvalue weighted by Crippen LogP contribution is 2.28. The summed E-state index contributed by atoms with van der Waals surface area (Å²) < 4.78 is 27.6. The first-order valence-corrected chi connectivity index (χ1v) is 13.9. The summed E-state index contributed by atoms with van der Waals surface area (Å²) in [5.74, 6) is -0.0530. The molecule has 36 heavy (non-hydrogen) atoms. The molecule has 0 saturated heterocycles. The fourth-order valence-electron chi connectivity index (χ4n) is 3.63. The molecule has 0 saturated carbocycles. The van der Waals surface area contributed by atoms with Gasteiger partial charge in [-0.1, -0.05) is 71.9 Å². The van der Waals surface area contributed by atoms with Crippen molar-refractivity contribution in [2.24, 2.45) is 0 Å². The summed E-state index contributed by atoms with van der Waals surface area (Å²) in [5, 5.41) is 8.80. The molecular formula is C27H26N4O3S2. The first kappa shape index (κ1) is 25.4. The Morgan fingerprint density at radius 2 is 1.53 bits per heavy atom. The third-order valence-corrected chi connectivity index (χ3v) is 7.99. The Kier molecular flexibility index (Phi) is 8.02. The second-order valence-corrected chi connectivity index (χ2v) is 11.0. The van der Waals surface area contributed by atoms with Gasteiger partial charge in [0.2, 0.25) is 5.91 Å². The fourth-order valence-corrected chi connectivity index (χ4v) is 5.71. The molecule has 4 aromatic rings. The first-order valence-electron chi connectivity index (χ1n) is 11.3. The summed E-state index contributed by atoms with van der Waals surface area (Å²) in [5.41, 5.74) is 2.49. The highest BCUT2D eigenvalue weighted by molar-refractivity contribution is 7.99. The minimum absolute atomic E-state index is 0.0871. The molecule has 184 valence electrons. The van der Waals surface area contributed by atoms with Crippen LogP contribution in [0, 0.1) is 6.92 Å². The van der Waals surface area contributed by atoms with Crippen molar-refractivity contribution in [2.75, 3.05) is 10.7 Å². The van der Waals surface area contributed by atoms with Gasteiger partial charge in [0.05, 0.1) is 10.6 Å². The van der Waals surface area contributed by atoms with E-state index >= 15 is 0 Å². The molecule has 0 unspecified atom stereocenters. The quantitative estimate of drug-likeness (QED) is 0.212. The van der Waals surface area contributed by atoms with Crippen molar-refractivity contribution in [2.45, 2.75) is 29.3 Å². The van der Waals surface area contributed by atoms with Crippen LogP contribution in [0.2, 0.25) is 0 Å². The lowest BCUT2D eigenvalue weighted by Gasteiger charge is -2.23. The molecule has 0 aliphatic heterocycles. The minimum atomic E-state index is -3.62. The number of benzene rings is 3. The Balaban J connectivity index is 1.55. The Morgan fingerprint density at radius 3 is 2.08 bits per heavy atom. The number of carbonyl (C=O) groups is 1. The van der Waals surface area contributed by atoms with Gasteiger partial charge in [-0.25, -0.2) is 8.42 Å². The van der Waals surface area contributed by atoms with Crippen LogP contribution in [-0.2, 0) is 26.9 Å². The second-order valence-electron chi connectivity index (χ2n) is 8.06. The standard InChI is InChI=1S/C27H26N4O3S2/c1-3-18-30-25(20-36(33,34)24-16-14-21(2)15-17-24)28-29-27(30)35-19-26(32)31(22-10-6-4-7-11-22)23-12-8-5-9-13-23/h3-17H,1,18-20H2,2H3. The Labute approximate surface area is 215 Å². The summed E-state index contributed by atoms with van der Waals surface area (Å²) in [7, 11) is -3.62. The number of aryl methyl sites for hydroxylation is 1. The van der Waals surface area contributed by atoms with Crippen LogP contribution in [0.25, 0.3) is 0 Å². The molecule has 0 fully saturated rings. The van der Waals surface area contributed by atoms with Gasteiger partial charge in [0, 0.05) is 17.9 Å². The molecule has 1 aromatic heterocycles. The maximum Gasteiger partial charge on any atom is 0.242 e. The molecule has 7 nitrogen and oxygen atoms in total. The van der Waals surface area contributed by atoms with E-state index < -0.39 is 9.84 Å². The molecule has 0 spiro atoms. The zero-order valence-electron chi connectivity index (χ0n) is 19.8. The topological polar surface area (TPSA) is 85.2 Å². The number of thioether (sulfide) groups is 1. The molecule has 0 N–H and O–H groups in total. The molecule has 0 bridgehead atoms. The van der Waals surface area contributed by atoms with E-state index in [4.69, 9.17) is 0 Å². The van der Waals surface area contributed by atoms with E-state index in [1.807, 2.05) is 67.6 Å². The first-order chi connectivity index (χ1) is 17.4. The van der Waals surface area contributed by atoms with Gasteiger partial charge >= 0.3 is 0 Å². The maximum absolute atomic E-state index is 13.4. The summed E-state index contributed by atoms with van der Waals surface area (Å²) >= 11 is 1.21. The van der Waals surface area contributed by atoms with Gasteiger partial charge in [0.1, 0.15) is 11.6 Å². The van der Waals surface area contributed by atoms with Gasteiger partial charge in [-0.2, -0.15) is 0 Å². The zero-order valence-corrected chi connectivity index (χ0v) is 21.5. The molecule has 3 aromatic carbocycles. The van der Waals surface area contributed by atoms with E-state index in [1.54, 1.807) is 39.8 Å². The third-order valence-electron chi connectivity index (χ3n) is 5.41. The van der Waals surface area contributed by atoms with Crippen molar-refractivity contribution in [3.63, 3.8) is 0 Å². The van der Waals surface area contributed by atoms with Crippen molar-refractivity contribution in [1.82, 2.24) is 14.8 Å². The summed E-state index contributed by atoms with van der Waals surface area (Å²) in [6.07, 6.45) is 1.65. The van der Waals surface area contributed by atoms with Crippen LogP contribution in [0.5, 0.6) is 0 Å². The number of hydrogen-bond donors (Lipinski definition) is 0. The molecule has 1 amide bonds. The lowest BCUT2D eigenvalue weighted by Crippen LogP contribution is -2.27. The molecule has 9 heteroatoms. The van der Waals surface area contributed by atoms with Crippen LogP contribution < -0.4 is 4.90 Å². The molecule has 0 atom stereocenters. The number of allylic oxidation sites excluding steroid dienone is 1. The maximum atomic E-state index is 13.4. The van der Waals surface area contributed by atoms with Gasteiger partial charge in [-0.15, -0.1) is 16.8 Å². The van der Waals surface area contributed by atoms with Crippen LogP contribution in [0.15, 0.2) is 108 Å². The molecular weight excluding hydrogens is 492 g/mol. The third kappa shape index (κ3) is 5.92. The number of rotatable bonds is 10. The Morgan fingerprint density at radius 1 is 0.944 bits per heavy atom. The Hall–Kier alpha value is -3.69. The van der Waals surface area contributed by atoms with E-state index in [0.29, 0.717) is 17.5 Å². The number of carbonyl (C=O) groups excluding carboxylic acids is 1. The van der Waals surface area contributed by atoms with Crippen molar-refractivity contribution >= 4 is 38.9 Å². The summed E-state index contributed by atoms with van der Waals surface area (Å²) in [4.78, 5) is 15.3. The van der Waals surface area contributed by atoms with Crippen molar-refractivity contribution < 1.29 is 13.2 Å². The molecule has 4 rings (SSSR count). The summed E-state index contributed by atoms with van der Waals surface area (Å²) in [6, 6.07) is 25.6. The number of anilines is 2. The molecule has 1 heterocycles. The Bertz CT molecular complexity index is 1400. The van der Waals surface area contributed by atoms with Crippen LogP contribution in [0.4, 0.5) is 11.4 Å². The van der Waals surface area contributed by atoms with Crippen LogP contribution in [-0.4, -0.2) is 34.8 Å². The van der Waals surface area contributed by atoms with Crippen LogP contribution in [0.3, 0.4) is 0 Å². The molecule has 0 aliphatic carbocycles. The average molecular weight is 519 g/mol. The summed E-state index contributed by atoms with van der Waals surface area (Å²) in [6.45, 7) is 6.00. The van der Waals surface area contributed by atoms with E-state index in [-0.39, 0.29) is 22.3 Å². The minimum Gasteiger partial charge on any atom is -0.301 e. The average Bonchev–Trinajstić information content (AvgIpc) is 3.25. The van der Waals surface area contributed by atoms with Crippen LogP contribution in [0.1, 0.15) is 11.4 Å². The highest BCUT2D eigenvalue weighted by Gasteiger charge is 2.23. The lowest BCUT2D eigenvalue weighted by molar-refractivity contribution is -0.115. The number of nitrogens with zero attached hydrogens (tertiary/aromatic N) is 4. The van der Waals surface area contributed by atoms with E-state index in [0.717, 1.165) is 16.9 Å². The number of hydrogen-bond acceptors (Lipinski definition) is 6. The van der Waals surface area contributed by atoms with Crippen molar-refractivity contribution in [1.29, 1.82) is 0 Å². The number of amides is 1. The monoisotopic (exact) mass is 518 g/mol. The number of sulfone groups is 1. The fraction of sp³-hybridized carbons (Fsp3) is 0.148. The van der Waals surface area contributed by atoms with E-state index in [2.05, 4.69) is 16.8 Å². The van der Waals surface area contributed by atoms with Crippen molar-refractivity contribution in [3.8, 4) is 0 Å². The normalized spacial score (nSPS) is 11.2. The molecule has 0 radical (unpaired) electrons. The lowest BCUT2D eigenvalue weighted by atomic mass is 10.2. The molecule has 0 aliphatic rings. The van der Waals surface area contributed by atoms with Gasteiger partial charge in [0.25, 0.3) is 0 Å². The SMILES string of the molecule is C=CCn1c(CS(=O)(=O)c2ccc(C)cc2)nnc1SCC(=O)N(c1ccccc1)c1ccccc1. The van der Waals surface area contributed by atoms with Crippen LogP contribution >= 0.6 is 11.8 Å². The number of aromatic nitrogens is 3. The largest absolute Gasteiger partial charge is 0.301 e. The predicted octanol–water partition coefficient (Wildman–Crippen LogP) is 5.20. The smallest absolute Gasteiger partial charge is 0.242 e. The van der Waals surface area contributed by atoms with Gasteiger partial charge in [-0.05, 0) is 43.3 Å².